The summed E-state index contributed by atoms with van der Waals surface area (Å²) in [5.74, 6) is -0.194. The lowest BCUT2D eigenvalue weighted by molar-refractivity contribution is -0.131. The van der Waals surface area contributed by atoms with E-state index in [1.807, 2.05) is 0 Å². The molecule has 8 nitrogen and oxygen atoms in total. The van der Waals surface area contributed by atoms with Gasteiger partial charge in [0.1, 0.15) is 17.7 Å². The number of carbonyl (C=O) groups excluding carboxylic acids is 2. The predicted molar refractivity (Wildman–Crippen MR) is 96.1 cm³/mol. The van der Waals surface area contributed by atoms with Gasteiger partial charge in [-0.1, -0.05) is 0 Å². The Bertz CT molecular complexity index is 833. The number of hydrogen-bond donors (Lipinski definition) is 1. The van der Waals surface area contributed by atoms with Crippen molar-refractivity contribution < 1.29 is 18.7 Å². The molecule has 2 N–H and O–H groups in total. The third-order valence-corrected chi connectivity index (χ3v) is 4.25. The molecule has 1 aromatic heterocycles. The average molecular weight is 373 g/mol. The number of aromatic nitrogens is 2. The van der Waals surface area contributed by atoms with Crippen LogP contribution in [0.4, 0.5) is 20.7 Å². The van der Waals surface area contributed by atoms with Crippen LogP contribution in [-0.4, -0.2) is 46.2 Å². The van der Waals surface area contributed by atoms with E-state index >= 15 is 0 Å². The number of nitrogens with zero attached hydrogens (tertiary/aromatic N) is 4. The SMILES string of the molecule is CC(=O)N1CCCC(Oc2cc(F)cc(N(C(N)=O)c3cccnn3)c2)C1. The molecule has 3 amide bonds. The van der Waals surface area contributed by atoms with Crippen molar-refractivity contribution in [3.05, 3.63) is 42.3 Å². The van der Waals surface area contributed by atoms with Crippen LogP contribution < -0.4 is 15.4 Å². The summed E-state index contributed by atoms with van der Waals surface area (Å²) < 4.78 is 20.0. The van der Waals surface area contributed by atoms with E-state index in [0.29, 0.717) is 13.1 Å². The number of nitrogens with two attached hydrogens (primary N) is 1. The number of anilines is 2. The van der Waals surface area contributed by atoms with Crippen molar-refractivity contribution in [3.63, 3.8) is 0 Å². The molecule has 0 aliphatic carbocycles. The van der Waals surface area contributed by atoms with Gasteiger partial charge in [-0.3, -0.25) is 4.79 Å². The van der Waals surface area contributed by atoms with Gasteiger partial charge in [-0.15, -0.1) is 5.10 Å². The first-order chi connectivity index (χ1) is 12.9. The number of piperidine rings is 1. The standard InChI is InChI=1S/C18H20FN5O3/c1-12(25)23-7-3-4-15(11-23)27-16-9-13(19)8-14(10-16)24(18(20)26)17-5-2-6-21-22-17/h2,5-6,8-10,15H,3-4,7,11H2,1H3,(H2,20,26). The Morgan fingerprint density at radius 1 is 1.37 bits per heavy atom. The van der Waals surface area contributed by atoms with E-state index < -0.39 is 11.8 Å². The molecule has 2 heterocycles. The fraction of sp³-hybridized carbons (Fsp3) is 0.333. The van der Waals surface area contributed by atoms with Crippen LogP contribution in [0.1, 0.15) is 19.8 Å². The molecule has 1 aromatic carbocycles. The second-order valence-corrected chi connectivity index (χ2v) is 6.25. The van der Waals surface area contributed by atoms with Crippen LogP contribution in [0.5, 0.6) is 5.75 Å². The summed E-state index contributed by atoms with van der Waals surface area (Å²) in [7, 11) is 0. The van der Waals surface area contributed by atoms with E-state index in [0.717, 1.165) is 23.8 Å². The number of benzene rings is 1. The van der Waals surface area contributed by atoms with Gasteiger partial charge in [0.15, 0.2) is 5.82 Å². The van der Waals surface area contributed by atoms with Crippen molar-refractivity contribution in [2.75, 3.05) is 18.0 Å². The highest BCUT2D eigenvalue weighted by Gasteiger charge is 2.24. The number of rotatable bonds is 4. The molecule has 1 aliphatic heterocycles. The minimum absolute atomic E-state index is 0.0224. The zero-order valence-electron chi connectivity index (χ0n) is 14.8. The Morgan fingerprint density at radius 3 is 2.85 bits per heavy atom. The molecule has 1 saturated heterocycles. The maximum atomic E-state index is 14.2. The van der Waals surface area contributed by atoms with Gasteiger partial charge in [0.2, 0.25) is 5.91 Å². The van der Waals surface area contributed by atoms with Gasteiger partial charge in [-0.2, -0.15) is 5.10 Å². The second-order valence-electron chi connectivity index (χ2n) is 6.25. The minimum atomic E-state index is -0.826. The molecule has 1 unspecified atom stereocenters. The average Bonchev–Trinajstić information content (AvgIpc) is 2.62. The molecule has 1 fully saturated rings. The van der Waals surface area contributed by atoms with Gasteiger partial charge in [0, 0.05) is 31.8 Å². The van der Waals surface area contributed by atoms with Crippen LogP contribution in [-0.2, 0) is 4.79 Å². The molecule has 0 spiro atoms. The van der Waals surface area contributed by atoms with Gasteiger partial charge in [0.25, 0.3) is 0 Å². The molecule has 1 aliphatic rings. The molecule has 3 rings (SSSR count). The number of likely N-dealkylation sites (tertiary alicyclic amines) is 1. The number of carbonyl (C=O) groups is 2. The molecule has 142 valence electrons. The van der Waals surface area contributed by atoms with E-state index in [2.05, 4.69) is 10.2 Å². The monoisotopic (exact) mass is 373 g/mol. The number of urea groups is 1. The predicted octanol–water partition coefficient (Wildman–Crippen LogP) is 2.22. The number of amides is 3. The highest BCUT2D eigenvalue weighted by Crippen LogP contribution is 2.29. The first-order valence-corrected chi connectivity index (χ1v) is 8.54. The first kappa shape index (κ1) is 18.6. The topological polar surface area (TPSA) is 102 Å². The maximum Gasteiger partial charge on any atom is 0.325 e. The zero-order chi connectivity index (χ0) is 19.4. The summed E-state index contributed by atoms with van der Waals surface area (Å²) >= 11 is 0. The van der Waals surface area contributed by atoms with Crippen molar-refractivity contribution in [1.82, 2.24) is 15.1 Å². The fourth-order valence-corrected chi connectivity index (χ4v) is 3.04. The van der Waals surface area contributed by atoms with Gasteiger partial charge in [-0.25, -0.2) is 14.1 Å². The highest BCUT2D eigenvalue weighted by atomic mass is 19.1. The van der Waals surface area contributed by atoms with Crippen LogP contribution >= 0.6 is 0 Å². The highest BCUT2D eigenvalue weighted by molar-refractivity contribution is 5.97. The Labute approximate surface area is 155 Å². The number of ether oxygens (including phenoxy) is 1. The Balaban J connectivity index is 1.85. The van der Waals surface area contributed by atoms with Crippen LogP contribution in [0, 0.1) is 5.82 Å². The van der Waals surface area contributed by atoms with Gasteiger partial charge in [-0.05, 0) is 31.0 Å². The van der Waals surface area contributed by atoms with E-state index in [9.17, 15) is 14.0 Å². The maximum absolute atomic E-state index is 14.2. The lowest BCUT2D eigenvalue weighted by Crippen LogP contribution is -2.43. The second kappa shape index (κ2) is 7.98. The first-order valence-electron chi connectivity index (χ1n) is 8.54. The van der Waals surface area contributed by atoms with E-state index in [4.69, 9.17) is 10.5 Å². The molecular formula is C18H20FN5O3. The molecule has 0 radical (unpaired) electrons. The fourth-order valence-electron chi connectivity index (χ4n) is 3.04. The van der Waals surface area contributed by atoms with Gasteiger partial charge < -0.3 is 15.4 Å². The number of halogens is 1. The summed E-state index contributed by atoms with van der Waals surface area (Å²) in [6, 6.07) is 6.20. The van der Waals surface area contributed by atoms with E-state index in [1.54, 1.807) is 11.0 Å². The lowest BCUT2D eigenvalue weighted by atomic mass is 10.1. The van der Waals surface area contributed by atoms with Crippen molar-refractivity contribution in [1.29, 1.82) is 0 Å². The molecule has 0 bridgehead atoms. The number of primary amides is 1. The third kappa shape index (κ3) is 4.49. The van der Waals surface area contributed by atoms with Crippen LogP contribution in [0.3, 0.4) is 0 Å². The summed E-state index contributed by atoms with van der Waals surface area (Å²) in [5.41, 5.74) is 5.63. The Kier molecular flexibility index (Phi) is 5.49. The van der Waals surface area contributed by atoms with Crippen LogP contribution in [0.15, 0.2) is 36.5 Å². The third-order valence-electron chi connectivity index (χ3n) is 4.25. The summed E-state index contributed by atoms with van der Waals surface area (Å²) in [6.45, 7) is 2.63. The Hall–Kier alpha value is -3.23. The van der Waals surface area contributed by atoms with Crippen molar-refractivity contribution >= 4 is 23.4 Å². The van der Waals surface area contributed by atoms with Crippen LogP contribution in [0.25, 0.3) is 0 Å². The number of hydrogen-bond acceptors (Lipinski definition) is 5. The molecule has 1 atom stereocenters. The van der Waals surface area contributed by atoms with Crippen molar-refractivity contribution in [2.24, 2.45) is 5.73 Å². The van der Waals surface area contributed by atoms with Crippen molar-refractivity contribution in [3.8, 4) is 5.75 Å². The molecular weight excluding hydrogens is 353 g/mol. The quantitative estimate of drug-likeness (QED) is 0.885. The van der Waals surface area contributed by atoms with Crippen LogP contribution in [0.2, 0.25) is 0 Å². The van der Waals surface area contributed by atoms with Gasteiger partial charge in [0.05, 0.1) is 12.2 Å². The molecule has 27 heavy (non-hydrogen) atoms. The molecule has 0 saturated carbocycles. The largest absolute Gasteiger partial charge is 0.488 e. The molecule has 9 heteroatoms. The van der Waals surface area contributed by atoms with Crippen molar-refractivity contribution in [2.45, 2.75) is 25.9 Å². The zero-order valence-corrected chi connectivity index (χ0v) is 14.8. The minimum Gasteiger partial charge on any atom is -0.488 e. The summed E-state index contributed by atoms with van der Waals surface area (Å²) in [5, 5.41) is 7.56. The van der Waals surface area contributed by atoms with E-state index in [1.165, 1.54) is 31.3 Å². The van der Waals surface area contributed by atoms with E-state index in [-0.39, 0.29) is 29.3 Å². The smallest absolute Gasteiger partial charge is 0.325 e. The summed E-state index contributed by atoms with van der Waals surface area (Å²) in [6.07, 6.45) is 2.75. The lowest BCUT2D eigenvalue weighted by Gasteiger charge is -2.32. The summed E-state index contributed by atoms with van der Waals surface area (Å²) in [4.78, 5) is 26.2. The Morgan fingerprint density at radius 2 is 2.19 bits per heavy atom. The van der Waals surface area contributed by atoms with Gasteiger partial charge >= 0.3 is 6.03 Å². The molecule has 2 aromatic rings. The normalized spacial score (nSPS) is 16.7.